The second-order valence-corrected chi connectivity index (χ2v) is 5.81. The Labute approximate surface area is 120 Å². The molecule has 1 aliphatic carbocycles. The molecule has 2 N–H and O–H groups in total. The Bertz CT molecular complexity index is 464. The SMILES string of the molecule is CCC(C)n1ncc(C(=O)NCCC(C)O)c1C1CC1. The van der Waals surface area contributed by atoms with Gasteiger partial charge in [-0.1, -0.05) is 6.92 Å². The van der Waals surface area contributed by atoms with E-state index in [1.165, 1.54) is 0 Å². The Morgan fingerprint density at radius 1 is 1.55 bits per heavy atom. The van der Waals surface area contributed by atoms with Gasteiger partial charge in [-0.3, -0.25) is 9.48 Å². The Balaban J connectivity index is 2.11. The fourth-order valence-corrected chi connectivity index (χ4v) is 2.32. The molecular formula is C15H25N3O2. The van der Waals surface area contributed by atoms with Crippen molar-refractivity contribution in [2.75, 3.05) is 6.54 Å². The van der Waals surface area contributed by atoms with Crippen molar-refractivity contribution in [1.82, 2.24) is 15.1 Å². The minimum atomic E-state index is -0.388. The average Bonchev–Trinajstić information content (AvgIpc) is 3.15. The molecule has 0 radical (unpaired) electrons. The average molecular weight is 279 g/mol. The summed E-state index contributed by atoms with van der Waals surface area (Å²) in [5.41, 5.74) is 1.80. The maximum Gasteiger partial charge on any atom is 0.254 e. The monoisotopic (exact) mass is 279 g/mol. The lowest BCUT2D eigenvalue weighted by Gasteiger charge is -2.14. The zero-order chi connectivity index (χ0) is 14.7. The van der Waals surface area contributed by atoms with E-state index in [0.717, 1.165) is 25.0 Å². The molecule has 1 aromatic rings. The van der Waals surface area contributed by atoms with Crippen LogP contribution in [0.4, 0.5) is 0 Å². The highest BCUT2D eigenvalue weighted by Crippen LogP contribution is 2.42. The second-order valence-electron chi connectivity index (χ2n) is 5.81. The first-order valence-electron chi connectivity index (χ1n) is 7.58. The molecule has 112 valence electrons. The standard InChI is InChI=1S/C15H25N3O2/c1-4-10(2)18-14(12-5-6-12)13(9-17-18)15(20)16-8-7-11(3)19/h9-12,19H,4-8H2,1-3H3,(H,16,20). The number of nitrogens with one attached hydrogen (secondary N) is 1. The minimum Gasteiger partial charge on any atom is -0.393 e. The molecule has 1 aliphatic rings. The van der Waals surface area contributed by atoms with E-state index in [2.05, 4.69) is 24.3 Å². The number of nitrogens with zero attached hydrogens (tertiary/aromatic N) is 2. The minimum absolute atomic E-state index is 0.0675. The molecule has 1 amide bonds. The van der Waals surface area contributed by atoms with Crippen molar-refractivity contribution in [1.29, 1.82) is 0 Å². The van der Waals surface area contributed by atoms with Gasteiger partial charge in [0.15, 0.2) is 0 Å². The molecule has 0 saturated heterocycles. The molecule has 5 nitrogen and oxygen atoms in total. The molecule has 2 atom stereocenters. The van der Waals surface area contributed by atoms with Gasteiger partial charge in [-0.25, -0.2) is 0 Å². The fourth-order valence-electron chi connectivity index (χ4n) is 2.32. The smallest absolute Gasteiger partial charge is 0.254 e. The Hall–Kier alpha value is -1.36. The first-order chi connectivity index (χ1) is 9.54. The fraction of sp³-hybridized carbons (Fsp3) is 0.733. The van der Waals surface area contributed by atoms with Crippen molar-refractivity contribution in [3.05, 3.63) is 17.5 Å². The summed E-state index contributed by atoms with van der Waals surface area (Å²) in [7, 11) is 0. The van der Waals surface area contributed by atoms with Crippen molar-refractivity contribution in [3.63, 3.8) is 0 Å². The normalized spacial score (nSPS) is 17.8. The summed E-state index contributed by atoms with van der Waals surface area (Å²) in [5, 5.41) is 16.5. The van der Waals surface area contributed by atoms with E-state index >= 15 is 0 Å². The van der Waals surface area contributed by atoms with Crippen LogP contribution in [0.2, 0.25) is 0 Å². The predicted molar refractivity (Wildman–Crippen MR) is 77.8 cm³/mol. The molecule has 2 unspecified atom stereocenters. The number of hydrogen-bond donors (Lipinski definition) is 2. The van der Waals surface area contributed by atoms with Crippen LogP contribution in [0.15, 0.2) is 6.20 Å². The first kappa shape index (κ1) is 15.0. The van der Waals surface area contributed by atoms with Crippen LogP contribution in [0.5, 0.6) is 0 Å². The van der Waals surface area contributed by atoms with Crippen LogP contribution in [0.3, 0.4) is 0 Å². The second kappa shape index (κ2) is 6.39. The molecule has 20 heavy (non-hydrogen) atoms. The van der Waals surface area contributed by atoms with E-state index in [1.54, 1.807) is 13.1 Å². The quantitative estimate of drug-likeness (QED) is 0.804. The molecule has 0 bridgehead atoms. The highest BCUT2D eigenvalue weighted by Gasteiger charge is 2.33. The van der Waals surface area contributed by atoms with Crippen molar-refractivity contribution in [2.24, 2.45) is 0 Å². The number of aliphatic hydroxyl groups is 1. The molecular weight excluding hydrogens is 254 g/mol. The number of carbonyl (C=O) groups is 1. The van der Waals surface area contributed by atoms with Gasteiger partial charge in [0.1, 0.15) is 0 Å². The Morgan fingerprint density at radius 3 is 2.80 bits per heavy atom. The van der Waals surface area contributed by atoms with Crippen LogP contribution in [0.1, 0.15) is 74.5 Å². The third kappa shape index (κ3) is 3.39. The van der Waals surface area contributed by atoms with E-state index < -0.39 is 0 Å². The number of rotatable bonds is 7. The van der Waals surface area contributed by atoms with Crippen molar-refractivity contribution in [3.8, 4) is 0 Å². The van der Waals surface area contributed by atoms with Crippen molar-refractivity contribution >= 4 is 5.91 Å². The van der Waals surface area contributed by atoms with E-state index in [0.29, 0.717) is 30.5 Å². The van der Waals surface area contributed by atoms with Gasteiger partial charge in [-0.15, -0.1) is 0 Å². The summed E-state index contributed by atoms with van der Waals surface area (Å²) < 4.78 is 2.02. The lowest BCUT2D eigenvalue weighted by Crippen LogP contribution is -2.27. The van der Waals surface area contributed by atoms with Gasteiger partial charge in [-0.05, 0) is 39.5 Å². The number of amides is 1. The number of aromatic nitrogens is 2. The van der Waals surface area contributed by atoms with Gasteiger partial charge in [0, 0.05) is 18.5 Å². The van der Waals surface area contributed by atoms with Gasteiger partial charge in [0.2, 0.25) is 0 Å². The van der Waals surface area contributed by atoms with E-state index in [4.69, 9.17) is 0 Å². The van der Waals surface area contributed by atoms with Gasteiger partial charge in [0.25, 0.3) is 5.91 Å². The Kier molecular flexibility index (Phi) is 4.81. The summed E-state index contributed by atoms with van der Waals surface area (Å²) >= 11 is 0. The third-order valence-corrected chi connectivity index (χ3v) is 3.90. The summed E-state index contributed by atoms with van der Waals surface area (Å²) in [6.45, 7) is 6.48. The third-order valence-electron chi connectivity index (χ3n) is 3.90. The van der Waals surface area contributed by atoms with Crippen LogP contribution in [0, 0.1) is 0 Å². The van der Waals surface area contributed by atoms with Gasteiger partial charge in [0.05, 0.1) is 23.6 Å². The molecule has 0 aromatic carbocycles. The van der Waals surface area contributed by atoms with Crippen LogP contribution >= 0.6 is 0 Å². The lowest BCUT2D eigenvalue weighted by molar-refractivity contribution is 0.0944. The van der Waals surface area contributed by atoms with Gasteiger partial charge >= 0.3 is 0 Å². The predicted octanol–water partition coefficient (Wildman–Crippen LogP) is 2.23. The van der Waals surface area contributed by atoms with Crippen LogP contribution < -0.4 is 5.32 Å². The molecule has 1 fully saturated rings. The molecule has 1 heterocycles. The van der Waals surface area contributed by atoms with Crippen molar-refractivity contribution < 1.29 is 9.90 Å². The highest BCUT2D eigenvalue weighted by molar-refractivity contribution is 5.95. The summed E-state index contributed by atoms with van der Waals surface area (Å²) in [5.74, 6) is 0.422. The molecule has 5 heteroatoms. The number of hydrogen-bond acceptors (Lipinski definition) is 3. The van der Waals surface area contributed by atoms with Crippen molar-refractivity contribution in [2.45, 2.75) is 64.5 Å². The molecule has 0 spiro atoms. The van der Waals surface area contributed by atoms with Gasteiger partial charge in [-0.2, -0.15) is 5.10 Å². The first-order valence-corrected chi connectivity index (χ1v) is 7.58. The Morgan fingerprint density at radius 2 is 2.25 bits per heavy atom. The number of carbonyl (C=O) groups excluding carboxylic acids is 1. The van der Waals surface area contributed by atoms with E-state index in [1.807, 2.05) is 4.68 Å². The summed E-state index contributed by atoms with van der Waals surface area (Å²) in [6, 6.07) is 0.324. The zero-order valence-electron chi connectivity index (χ0n) is 12.6. The molecule has 0 aliphatic heterocycles. The largest absolute Gasteiger partial charge is 0.393 e. The van der Waals surface area contributed by atoms with E-state index in [-0.39, 0.29) is 12.0 Å². The molecule has 1 aromatic heterocycles. The number of aliphatic hydroxyl groups excluding tert-OH is 1. The summed E-state index contributed by atoms with van der Waals surface area (Å²) in [4.78, 5) is 12.3. The lowest BCUT2D eigenvalue weighted by atomic mass is 10.1. The maximum absolute atomic E-state index is 12.3. The topological polar surface area (TPSA) is 67.2 Å². The van der Waals surface area contributed by atoms with E-state index in [9.17, 15) is 9.90 Å². The van der Waals surface area contributed by atoms with Crippen LogP contribution in [-0.2, 0) is 0 Å². The highest BCUT2D eigenvalue weighted by atomic mass is 16.3. The van der Waals surface area contributed by atoms with Crippen LogP contribution in [0.25, 0.3) is 0 Å². The van der Waals surface area contributed by atoms with Crippen LogP contribution in [-0.4, -0.2) is 33.4 Å². The maximum atomic E-state index is 12.3. The van der Waals surface area contributed by atoms with Gasteiger partial charge < -0.3 is 10.4 Å². The molecule has 2 rings (SSSR count). The summed E-state index contributed by atoms with van der Waals surface area (Å²) in [6.07, 6.45) is 5.18. The molecule has 1 saturated carbocycles. The zero-order valence-corrected chi connectivity index (χ0v) is 12.6.